The number of aromatic nitrogens is 3. The van der Waals surface area contributed by atoms with Crippen LogP contribution in [0.15, 0.2) is 30.6 Å². The number of halogens is 3. The molecule has 0 spiro atoms. The van der Waals surface area contributed by atoms with Gasteiger partial charge >= 0.3 is 12.3 Å². The fourth-order valence-corrected chi connectivity index (χ4v) is 1.44. The SMILES string of the molecule is O=C(O)Nc1cc(-n2nccn2)cc(C(F)(F)F)c1. The van der Waals surface area contributed by atoms with Gasteiger partial charge in [-0.05, 0) is 18.2 Å². The van der Waals surface area contributed by atoms with Crippen LogP contribution in [-0.4, -0.2) is 26.2 Å². The summed E-state index contributed by atoms with van der Waals surface area (Å²) in [5.41, 5.74) is -1.20. The average molecular weight is 272 g/mol. The number of alkyl halides is 3. The minimum Gasteiger partial charge on any atom is -0.465 e. The molecule has 0 radical (unpaired) electrons. The molecule has 9 heteroatoms. The van der Waals surface area contributed by atoms with Crippen LogP contribution in [0.5, 0.6) is 0 Å². The summed E-state index contributed by atoms with van der Waals surface area (Å²) < 4.78 is 38.1. The van der Waals surface area contributed by atoms with Crippen molar-refractivity contribution in [3.63, 3.8) is 0 Å². The zero-order valence-electron chi connectivity index (χ0n) is 9.22. The summed E-state index contributed by atoms with van der Waals surface area (Å²) in [4.78, 5) is 11.5. The van der Waals surface area contributed by atoms with Crippen molar-refractivity contribution in [2.75, 3.05) is 5.32 Å². The predicted molar refractivity (Wildman–Crippen MR) is 58.0 cm³/mol. The van der Waals surface area contributed by atoms with Crippen molar-refractivity contribution in [2.45, 2.75) is 6.18 Å². The van der Waals surface area contributed by atoms with E-state index >= 15 is 0 Å². The Kier molecular flexibility index (Phi) is 3.11. The molecule has 2 aromatic rings. The molecular weight excluding hydrogens is 265 g/mol. The van der Waals surface area contributed by atoms with Gasteiger partial charge in [-0.15, -0.1) is 0 Å². The van der Waals surface area contributed by atoms with Gasteiger partial charge in [0.15, 0.2) is 0 Å². The number of amides is 1. The highest BCUT2D eigenvalue weighted by molar-refractivity contribution is 5.83. The van der Waals surface area contributed by atoms with E-state index in [1.54, 1.807) is 0 Å². The molecule has 19 heavy (non-hydrogen) atoms. The van der Waals surface area contributed by atoms with Crippen LogP contribution in [0.4, 0.5) is 23.7 Å². The van der Waals surface area contributed by atoms with Crippen LogP contribution in [0.3, 0.4) is 0 Å². The molecule has 0 atom stereocenters. The van der Waals surface area contributed by atoms with Crippen LogP contribution < -0.4 is 5.32 Å². The van der Waals surface area contributed by atoms with Gasteiger partial charge in [0.05, 0.1) is 23.6 Å². The highest BCUT2D eigenvalue weighted by atomic mass is 19.4. The molecular formula is C10H7F3N4O2. The van der Waals surface area contributed by atoms with Crippen molar-refractivity contribution in [1.82, 2.24) is 15.0 Å². The summed E-state index contributed by atoms with van der Waals surface area (Å²) in [5.74, 6) is 0. The van der Waals surface area contributed by atoms with Crippen molar-refractivity contribution in [1.29, 1.82) is 0 Å². The van der Waals surface area contributed by atoms with Crippen LogP contribution in [0.2, 0.25) is 0 Å². The second-order valence-electron chi connectivity index (χ2n) is 3.51. The van der Waals surface area contributed by atoms with Crippen molar-refractivity contribution >= 4 is 11.8 Å². The van der Waals surface area contributed by atoms with E-state index in [9.17, 15) is 18.0 Å². The van der Waals surface area contributed by atoms with Crippen molar-refractivity contribution in [3.05, 3.63) is 36.2 Å². The van der Waals surface area contributed by atoms with E-state index < -0.39 is 17.8 Å². The first kappa shape index (κ1) is 12.9. The van der Waals surface area contributed by atoms with Gasteiger partial charge in [-0.25, -0.2) is 4.79 Å². The lowest BCUT2D eigenvalue weighted by Gasteiger charge is -2.11. The van der Waals surface area contributed by atoms with Gasteiger partial charge in [0.25, 0.3) is 0 Å². The molecule has 0 aliphatic rings. The third-order valence-corrected chi connectivity index (χ3v) is 2.15. The number of rotatable bonds is 2. The van der Waals surface area contributed by atoms with E-state index in [1.807, 2.05) is 5.32 Å². The third kappa shape index (κ3) is 3.00. The van der Waals surface area contributed by atoms with E-state index in [0.717, 1.165) is 10.9 Å². The molecule has 0 saturated carbocycles. The Morgan fingerprint density at radius 2 is 1.84 bits per heavy atom. The van der Waals surface area contributed by atoms with E-state index in [4.69, 9.17) is 5.11 Å². The fourth-order valence-electron chi connectivity index (χ4n) is 1.44. The van der Waals surface area contributed by atoms with E-state index in [1.165, 1.54) is 18.5 Å². The molecule has 6 nitrogen and oxygen atoms in total. The average Bonchev–Trinajstić information content (AvgIpc) is 2.79. The monoisotopic (exact) mass is 272 g/mol. The van der Waals surface area contributed by atoms with Gasteiger partial charge in [-0.1, -0.05) is 0 Å². The van der Waals surface area contributed by atoms with E-state index in [2.05, 4.69) is 10.2 Å². The predicted octanol–water partition coefficient (Wildman–Crippen LogP) is 2.38. The first-order chi connectivity index (χ1) is 8.86. The number of carboxylic acid groups (broad SMARTS) is 1. The van der Waals surface area contributed by atoms with Crippen molar-refractivity contribution < 1.29 is 23.1 Å². The Labute approximate surface area is 104 Å². The molecule has 1 amide bonds. The lowest BCUT2D eigenvalue weighted by Crippen LogP contribution is -2.12. The van der Waals surface area contributed by atoms with Gasteiger partial charge in [-0.3, -0.25) is 5.32 Å². The topological polar surface area (TPSA) is 80.0 Å². The molecule has 1 heterocycles. The minimum atomic E-state index is -4.60. The van der Waals surface area contributed by atoms with Crippen molar-refractivity contribution in [2.24, 2.45) is 0 Å². The Bertz CT molecular complexity index is 595. The van der Waals surface area contributed by atoms with E-state index in [-0.39, 0.29) is 11.4 Å². The Morgan fingerprint density at radius 1 is 1.21 bits per heavy atom. The van der Waals surface area contributed by atoms with Gasteiger partial charge < -0.3 is 5.11 Å². The van der Waals surface area contributed by atoms with Crippen LogP contribution in [0.1, 0.15) is 5.56 Å². The molecule has 1 aromatic heterocycles. The molecule has 0 aliphatic heterocycles. The molecule has 0 fully saturated rings. The van der Waals surface area contributed by atoms with Crippen LogP contribution in [-0.2, 0) is 6.18 Å². The standard InChI is InChI=1S/C10H7F3N4O2/c11-10(12,13)6-3-7(16-9(18)19)5-8(4-6)17-14-1-2-15-17/h1-5,16H,(H,18,19). The maximum Gasteiger partial charge on any atom is 0.416 e. The molecule has 100 valence electrons. The molecule has 2 N–H and O–H groups in total. The van der Waals surface area contributed by atoms with Gasteiger partial charge in [0.1, 0.15) is 0 Å². The first-order valence-corrected chi connectivity index (χ1v) is 4.95. The molecule has 0 bridgehead atoms. The summed E-state index contributed by atoms with van der Waals surface area (Å²) in [6, 6.07) is 2.72. The first-order valence-electron chi connectivity index (χ1n) is 4.95. The summed E-state index contributed by atoms with van der Waals surface area (Å²) in [6.07, 6.45) is -3.47. The lowest BCUT2D eigenvalue weighted by molar-refractivity contribution is -0.137. The number of carbonyl (C=O) groups is 1. The van der Waals surface area contributed by atoms with Gasteiger partial charge in [0, 0.05) is 5.69 Å². The number of benzene rings is 1. The van der Waals surface area contributed by atoms with Crippen LogP contribution >= 0.6 is 0 Å². The molecule has 0 unspecified atom stereocenters. The number of nitrogens with one attached hydrogen (secondary N) is 1. The largest absolute Gasteiger partial charge is 0.465 e. The minimum absolute atomic E-state index is 0.00331. The fraction of sp³-hybridized carbons (Fsp3) is 0.100. The Morgan fingerprint density at radius 3 is 2.37 bits per heavy atom. The third-order valence-electron chi connectivity index (χ3n) is 2.15. The quantitative estimate of drug-likeness (QED) is 0.879. The normalized spacial score (nSPS) is 11.3. The maximum atomic E-state index is 12.7. The van der Waals surface area contributed by atoms with Gasteiger partial charge in [0.2, 0.25) is 0 Å². The van der Waals surface area contributed by atoms with E-state index in [0.29, 0.717) is 6.07 Å². The molecule has 2 rings (SSSR count). The van der Waals surface area contributed by atoms with Crippen LogP contribution in [0, 0.1) is 0 Å². The number of anilines is 1. The van der Waals surface area contributed by atoms with Gasteiger partial charge in [-0.2, -0.15) is 28.2 Å². The zero-order chi connectivity index (χ0) is 14.0. The molecule has 1 aromatic carbocycles. The Balaban J connectivity index is 2.52. The number of hydrogen-bond donors (Lipinski definition) is 2. The highest BCUT2D eigenvalue weighted by Crippen LogP contribution is 2.32. The Hall–Kier alpha value is -2.58. The summed E-state index contributed by atoms with van der Waals surface area (Å²) in [6.45, 7) is 0. The maximum absolute atomic E-state index is 12.7. The lowest BCUT2D eigenvalue weighted by atomic mass is 10.1. The molecule has 0 aliphatic carbocycles. The summed E-state index contributed by atoms with van der Waals surface area (Å²) in [5, 5.41) is 17.8. The summed E-state index contributed by atoms with van der Waals surface area (Å²) in [7, 11) is 0. The summed E-state index contributed by atoms with van der Waals surface area (Å²) >= 11 is 0. The number of hydrogen-bond acceptors (Lipinski definition) is 3. The second-order valence-corrected chi connectivity index (χ2v) is 3.51. The number of nitrogens with zero attached hydrogens (tertiary/aromatic N) is 3. The smallest absolute Gasteiger partial charge is 0.416 e. The van der Waals surface area contributed by atoms with Crippen molar-refractivity contribution in [3.8, 4) is 5.69 Å². The zero-order valence-corrected chi connectivity index (χ0v) is 9.22. The highest BCUT2D eigenvalue weighted by Gasteiger charge is 2.31. The van der Waals surface area contributed by atoms with Crippen LogP contribution in [0.25, 0.3) is 5.69 Å². The second kappa shape index (κ2) is 4.59. The molecule has 0 saturated heterocycles.